The van der Waals surface area contributed by atoms with Crippen LogP contribution >= 0.6 is 11.3 Å². The standard InChI is InChI=1S/C20H16FN3O2S/c1-11-17-15(12-3-2-8-22-10-12)9-16(25)24-20(17)27-18(11)19(26)23-14-6-4-13(21)5-7-14/h2-8,10,15H,9H2,1H3,(H,23,26)(H,24,25). The van der Waals surface area contributed by atoms with Crippen LogP contribution in [0.5, 0.6) is 0 Å². The Morgan fingerprint density at radius 2 is 2.07 bits per heavy atom. The lowest BCUT2D eigenvalue weighted by Gasteiger charge is -2.23. The van der Waals surface area contributed by atoms with E-state index in [2.05, 4.69) is 15.6 Å². The highest BCUT2D eigenvalue weighted by Gasteiger charge is 2.32. The molecular formula is C20H16FN3O2S. The van der Waals surface area contributed by atoms with Gasteiger partial charge in [0.2, 0.25) is 5.91 Å². The lowest BCUT2D eigenvalue weighted by Crippen LogP contribution is -2.22. The van der Waals surface area contributed by atoms with E-state index in [1.165, 1.54) is 35.6 Å². The van der Waals surface area contributed by atoms with Gasteiger partial charge in [-0.25, -0.2) is 4.39 Å². The summed E-state index contributed by atoms with van der Waals surface area (Å²) >= 11 is 1.26. The Labute approximate surface area is 159 Å². The summed E-state index contributed by atoms with van der Waals surface area (Å²) in [4.78, 5) is 29.6. The molecule has 1 aliphatic rings. The van der Waals surface area contributed by atoms with Crippen LogP contribution in [0.15, 0.2) is 48.8 Å². The molecule has 2 N–H and O–H groups in total. The maximum atomic E-state index is 13.1. The minimum absolute atomic E-state index is 0.0805. The molecule has 136 valence electrons. The zero-order valence-electron chi connectivity index (χ0n) is 14.5. The zero-order chi connectivity index (χ0) is 19.0. The third kappa shape index (κ3) is 3.33. The van der Waals surface area contributed by atoms with Crippen molar-refractivity contribution in [2.75, 3.05) is 10.6 Å². The van der Waals surface area contributed by atoms with Crippen LogP contribution in [0.2, 0.25) is 0 Å². The van der Waals surface area contributed by atoms with E-state index in [9.17, 15) is 14.0 Å². The van der Waals surface area contributed by atoms with Crippen molar-refractivity contribution in [1.82, 2.24) is 4.98 Å². The number of hydrogen-bond donors (Lipinski definition) is 2. The smallest absolute Gasteiger partial charge is 0.266 e. The van der Waals surface area contributed by atoms with Gasteiger partial charge in [0.25, 0.3) is 5.91 Å². The number of thiophene rings is 1. The van der Waals surface area contributed by atoms with Gasteiger partial charge in [-0.1, -0.05) is 6.07 Å². The lowest BCUT2D eigenvalue weighted by atomic mass is 9.85. The minimum Gasteiger partial charge on any atom is -0.321 e. The Hall–Kier alpha value is -3.06. The molecule has 0 spiro atoms. The molecule has 4 rings (SSSR count). The monoisotopic (exact) mass is 381 g/mol. The van der Waals surface area contributed by atoms with E-state index in [0.717, 1.165) is 16.7 Å². The molecule has 1 unspecified atom stereocenters. The maximum Gasteiger partial charge on any atom is 0.266 e. The SMILES string of the molecule is Cc1c(C(=O)Nc2ccc(F)cc2)sc2c1C(c1cccnc1)CC(=O)N2. The van der Waals surface area contributed by atoms with Crippen LogP contribution in [0.25, 0.3) is 0 Å². The summed E-state index contributed by atoms with van der Waals surface area (Å²) in [6.07, 6.45) is 3.76. The number of rotatable bonds is 3. The predicted molar refractivity (Wildman–Crippen MR) is 103 cm³/mol. The van der Waals surface area contributed by atoms with Gasteiger partial charge in [0, 0.05) is 30.4 Å². The Balaban J connectivity index is 1.69. The molecule has 7 heteroatoms. The van der Waals surface area contributed by atoms with Gasteiger partial charge < -0.3 is 10.6 Å². The van der Waals surface area contributed by atoms with E-state index in [1.54, 1.807) is 12.4 Å². The van der Waals surface area contributed by atoms with E-state index >= 15 is 0 Å². The van der Waals surface area contributed by atoms with Crippen LogP contribution in [0, 0.1) is 12.7 Å². The number of halogens is 1. The first-order chi connectivity index (χ1) is 13.0. The number of nitrogens with one attached hydrogen (secondary N) is 2. The van der Waals surface area contributed by atoms with Crippen molar-refractivity contribution in [2.24, 2.45) is 0 Å². The number of benzene rings is 1. The Kier molecular flexibility index (Phi) is 4.45. The van der Waals surface area contributed by atoms with Crippen molar-refractivity contribution in [2.45, 2.75) is 19.3 Å². The van der Waals surface area contributed by atoms with Crippen molar-refractivity contribution in [3.63, 3.8) is 0 Å². The van der Waals surface area contributed by atoms with Gasteiger partial charge in [-0.2, -0.15) is 0 Å². The van der Waals surface area contributed by atoms with Gasteiger partial charge in [0.05, 0.1) is 9.88 Å². The highest BCUT2D eigenvalue weighted by molar-refractivity contribution is 7.18. The number of fused-ring (bicyclic) bond motifs is 1. The van der Waals surface area contributed by atoms with E-state index in [4.69, 9.17) is 0 Å². The zero-order valence-corrected chi connectivity index (χ0v) is 15.3. The number of anilines is 2. The topological polar surface area (TPSA) is 71.1 Å². The predicted octanol–water partition coefficient (Wildman–Crippen LogP) is 4.32. The van der Waals surface area contributed by atoms with Crippen molar-refractivity contribution in [3.8, 4) is 0 Å². The number of carbonyl (C=O) groups is 2. The van der Waals surface area contributed by atoms with Crippen molar-refractivity contribution in [1.29, 1.82) is 0 Å². The molecule has 2 aromatic heterocycles. The molecule has 0 radical (unpaired) electrons. The number of hydrogen-bond acceptors (Lipinski definition) is 4. The number of amides is 2. The third-order valence-corrected chi connectivity index (χ3v) is 5.80. The molecular weight excluding hydrogens is 365 g/mol. The van der Waals surface area contributed by atoms with Crippen molar-refractivity contribution < 1.29 is 14.0 Å². The molecule has 2 amide bonds. The molecule has 3 aromatic rings. The van der Waals surface area contributed by atoms with Crippen LogP contribution in [-0.2, 0) is 4.79 Å². The summed E-state index contributed by atoms with van der Waals surface area (Å²) in [6, 6.07) is 9.38. The fourth-order valence-electron chi connectivity index (χ4n) is 3.31. The van der Waals surface area contributed by atoms with Gasteiger partial charge in [-0.05, 0) is 53.9 Å². The van der Waals surface area contributed by atoms with E-state index in [-0.39, 0.29) is 23.5 Å². The van der Waals surface area contributed by atoms with Gasteiger partial charge in [-0.15, -0.1) is 11.3 Å². The summed E-state index contributed by atoms with van der Waals surface area (Å²) in [6.45, 7) is 1.88. The van der Waals surface area contributed by atoms with E-state index in [1.807, 2.05) is 19.1 Å². The van der Waals surface area contributed by atoms with Crippen molar-refractivity contribution in [3.05, 3.63) is 76.2 Å². The molecule has 0 fully saturated rings. The molecule has 0 bridgehead atoms. The Morgan fingerprint density at radius 1 is 1.30 bits per heavy atom. The second kappa shape index (κ2) is 6.92. The van der Waals surface area contributed by atoms with Crippen LogP contribution < -0.4 is 10.6 Å². The Bertz CT molecular complexity index is 1020. The number of carbonyl (C=O) groups excluding carboxylic acids is 2. The summed E-state index contributed by atoms with van der Waals surface area (Å²) in [7, 11) is 0. The summed E-state index contributed by atoms with van der Waals surface area (Å²) < 4.78 is 13.1. The Morgan fingerprint density at radius 3 is 2.78 bits per heavy atom. The average Bonchev–Trinajstić information content (AvgIpc) is 3.00. The van der Waals surface area contributed by atoms with Gasteiger partial charge in [0.1, 0.15) is 5.82 Å². The second-order valence-electron chi connectivity index (χ2n) is 6.35. The summed E-state index contributed by atoms with van der Waals surface area (Å²) in [5.41, 5.74) is 3.25. The minimum atomic E-state index is -0.363. The normalized spacial score (nSPS) is 15.8. The van der Waals surface area contributed by atoms with E-state index < -0.39 is 0 Å². The lowest BCUT2D eigenvalue weighted by molar-refractivity contribution is -0.116. The quantitative estimate of drug-likeness (QED) is 0.710. The number of aromatic nitrogens is 1. The molecule has 5 nitrogen and oxygen atoms in total. The first kappa shape index (κ1) is 17.4. The molecule has 1 atom stereocenters. The highest BCUT2D eigenvalue weighted by Crippen LogP contribution is 2.45. The molecule has 1 aromatic carbocycles. The van der Waals surface area contributed by atoms with Crippen LogP contribution in [0.1, 0.15) is 38.7 Å². The molecule has 27 heavy (non-hydrogen) atoms. The summed E-state index contributed by atoms with van der Waals surface area (Å²) in [5, 5.41) is 6.35. The fourth-order valence-corrected chi connectivity index (χ4v) is 4.49. The van der Waals surface area contributed by atoms with Crippen LogP contribution in [0.4, 0.5) is 15.1 Å². The largest absolute Gasteiger partial charge is 0.321 e. The number of pyridine rings is 1. The highest BCUT2D eigenvalue weighted by atomic mass is 32.1. The number of nitrogens with zero attached hydrogens (tertiary/aromatic N) is 1. The molecule has 3 heterocycles. The van der Waals surface area contributed by atoms with Crippen molar-refractivity contribution >= 4 is 33.8 Å². The second-order valence-corrected chi connectivity index (χ2v) is 7.37. The first-order valence-electron chi connectivity index (χ1n) is 8.43. The fraction of sp³-hybridized carbons (Fsp3) is 0.150. The van der Waals surface area contributed by atoms with Gasteiger partial charge in [-0.3, -0.25) is 14.6 Å². The van der Waals surface area contributed by atoms with Crippen LogP contribution in [-0.4, -0.2) is 16.8 Å². The van der Waals surface area contributed by atoms with E-state index in [0.29, 0.717) is 22.0 Å². The van der Waals surface area contributed by atoms with Crippen LogP contribution in [0.3, 0.4) is 0 Å². The molecule has 0 saturated carbocycles. The van der Waals surface area contributed by atoms with Gasteiger partial charge in [0.15, 0.2) is 0 Å². The molecule has 1 aliphatic heterocycles. The first-order valence-corrected chi connectivity index (χ1v) is 9.24. The molecule has 0 aliphatic carbocycles. The third-order valence-electron chi connectivity index (χ3n) is 4.58. The molecule has 0 saturated heterocycles. The van der Waals surface area contributed by atoms with Gasteiger partial charge >= 0.3 is 0 Å². The maximum absolute atomic E-state index is 13.1. The average molecular weight is 381 g/mol. The summed E-state index contributed by atoms with van der Waals surface area (Å²) in [5.74, 6) is -0.857.